The smallest absolute Gasteiger partial charge is 0.150 e. The van der Waals surface area contributed by atoms with Gasteiger partial charge in [-0.25, -0.2) is 0 Å². The summed E-state index contributed by atoms with van der Waals surface area (Å²) in [4.78, 5) is 13.3. The van der Waals surface area contributed by atoms with Gasteiger partial charge in [0.05, 0.1) is 0 Å². The van der Waals surface area contributed by atoms with E-state index in [1.165, 1.54) is 23.2 Å². The van der Waals surface area contributed by atoms with Crippen molar-refractivity contribution in [3.05, 3.63) is 64.7 Å². The van der Waals surface area contributed by atoms with Crippen LogP contribution in [-0.2, 0) is 13.0 Å². The maximum atomic E-state index is 10.9. The molecule has 0 aromatic heterocycles. The molecule has 1 heterocycles. The number of hydrogen-bond acceptors (Lipinski definition) is 2. The minimum Gasteiger partial charge on any atom is -0.367 e. The molecule has 0 spiro atoms. The van der Waals surface area contributed by atoms with E-state index in [0.717, 1.165) is 36.9 Å². The first kappa shape index (κ1) is 12.9. The monoisotopic (exact) mass is 265 g/mol. The Kier molecular flexibility index (Phi) is 3.55. The van der Waals surface area contributed by atoms with E-state index >= 15 is 0 Å². The first-order valence-electron chi connectivity index (χ1n) is 7.15. The van der Waals surface area contributed by atoms with Crippen LogP contribution in [0.1, 0.15) is 33.5 Å². The predicted octanol–water partition coefficient (Wildman–Crippen LogP) is 3.76. The number of rotatable bonds is 2. The second kappa shape index (κ2) is 5.49. The second-order valence-electron chi connectivity index (χ2n) is 5.45. The molecule has 2 nitrogen and oxygen atoms in total. The Morgan fingerprint density at radius 2 is 1.90 bits per heavy atom. The van der Waals surface area contributed by atoms with Gasteiger partial charge in [0.2, 0.25) is 0 Å². The Balaban J connectivity index is 1.91. The number of nitrogens with zero attached hydrogens (tertiary/aromatic N) is 1. The van der Waals surface area contributed by atoms with E-state index in [9.17, 15) is 4.79 Å². The lowest BCUT2D eigenvalue weighted by Gasteiger charge is -2.24. The number of aldehydes is 1. The van der Waals surface area contributed by atoms with Gasteiger partial charge in [0, 0.05) is 24.3 Å². The molecule has 1 aliphatic rings. The molecule has 0 unspecified atom stereocenters. The number of carbonyl (C=O) groups is 1. The molecule has 0 saturated carbocycles. The Bertz CT molecular complexity index is 633. The summed E-state index contributed by atoms with van der Waals surface area (Å²) in [6.45, 7) is 4.02. The number of hydrogen-bond donors (Lipinski definition) is 0. The minimum atomic E-state index is 0.781. The molecule has 0 fully saturated rings. The van der Waals surface area contributed by atoms with Crippen molar-refractivity contribution in [1.29, 1.82) is 0 Å². The highest BCUT2D eigenvalue weighted by Crippen LogP contribution is 2.25. The van der Waals surface area contributed by atoms with E-state index < -0.39 is 0 Å². The van der Waals surface area contributed by atoms with E-state index in [2.05, 4.69) is 41.3 Å². The van der Waals surface area contributed by atoms with Crippen LogP contribution in [0.3, 0.4) is 0 Å². The van der Waals surface area contributed by atoms with Crippen LogP contribution in [0.4, 0.5) is 5.69 Å². The molecule has 2 aromatic carbocycles. The first-order chi connectivity index (χ1) is 9.78. The van der Waals surface area contributed by atoms with Crippen molar-refractivity contribution in [2.75, 3.05) is 11.4 Å². The van der Waals surface area contributed by atoms with Crippen molar-refractivity contribution < 1.29 is 4.79 Å². The quantitative estimate of drug-likeness (QED) is 0.771. The topological polar surface area (TPSA) is 20.3 Å². The fraction of sp³-hybridized carbons (Fsp3) is 0.278. The standard InChI is InChI=1S/C18H19NO/c1-14-11-18(9-8-17(14)13-20)19-10-4-7-15-5-2-3-6-16(15)12-19/h2-3,5-6,8-9,11,13H,4,7,10,12H2,1H3. The average molecular weight is 265 g/mol. The molecule has 20 heavy (non-hydrogen) atoms. The third-order valence-electron chi connectivity index (χ3n) is 4.10. The van der Waals surface area contributed by atoms with E-state index in [0.29, 0.717) is 0 Å². The van der Waals surface area contributed by atoms with Crippen molar-refractivity contribution in [3.8, 4) is 0 Å². The first-order valence-corrected chi connectivity index (χ1v) is 7.15. The van der Waals surface area contributed by atoms with Gasteiger partial charge < -0.3 is 4.90 Å². The average Bonchev–Trinajstić information content (AvgIpc) is 2.69. The maximum absolute atomic E-state index is 10.9. The summed E-state index contributed by atoms with van der Waals surface area (Å²) in [5, 5.41) is 0. The van der Waals surface area contributed by atoms with E-state index in [1.54, 1.807) is 0 Å². The van der Waals surface area contributed by atoms with Crippen LogP contribution in [-0.4, -0.2) is 12.8 Å². The van der Waals surface area contributed by atoms with Gasteiger partial charge in [0.15, 0.2) is 0 Å². The summed E-state index contributed by atoms with van der Waals surface area (Å²) in [5.41, 5.74) is 5.93. The van der Waals surface area contributed by atoms with Gasteiger partial charge in [0.1, 0.15) is 6.29 Å². The van der Waals surface area contributed by atoms with Crippen LogP contribution in [0.15, 0.2) is 42.5 Å². The molecule has 0 bridgehead atoms. The van der Waals surface area contributed by atoms with Gasteiger partial charge in [-0.15, -0.1) is 0 Å². The van der Waals surface area contributed by atoms with Crippen molar-refractivity contribution in [2.24, 2.45) is 0 Å². The number of fused-ring (bicyclic) bond motifs is 1. The maximum Gasteiger partial charge on any atom is 0.150 e. The third-order valence-corrected chi connectivity index (χ3v) is 4.10. The number of aryl methyl sites for hydroxylation is 2. The molecule has 0 radical (unpaired) electrons. The molecule has 0 atom stereocenters. The molecular weight excluding hydrogens is 246 g/mol. The fourth-order valence-corrected chi connectivity index (χ4v) is 2.91. The summed E-state index contributed by atoms with van der Waals surface area (Å²) < 4.78 is 0. The lowest BCUT2D eigenvalue weighted by Crippen LogP contribution is -2.22. The van der Waals surface area contributed by atoms with Crippen molar-refractivity contribution in [1.82, 2.24) is 0 Å². The van der Waals surface area contributed by atoms with Crippen molar-refractivity contribution in [2.45, 2.75) is 26.3 Å². The van der Waals surface area contributed by atoms with E-state index in [1.807, 2.05) is 13.0 Å². The van der Waals surface area contributed by atoms with Crippen LogP contribution in [0, 0.1) is 6.92 Å². The fourth-order valence-electron chi connectivity index (χ4n) is 2.91. The summed E-state index contributed by atoms with van der Waals surface area (Å²) in [5.74, 6) is 0. The van der Waals surface area contributed by atoms with Crippen LogP contribution in [0.5, 0.6) is 0 Å². The zero-order valence-corrected chi connectivity index (χ0v) is 11.8. The van der Waals surface area contributed by atoms with Crippen LogP contribution in [0.2, 0.25) is 0 Å². The molecule has 0 amide bonds. The zero-order valence-electron chi connectivity index (χ0n) is 11.8. The zero-order chi connectivity index (χ0) is 13.9. The molecular formula is C18H19NO. The molecule has 0 saturated heterocycles. The van der Waals surface area contributed by atoms with Crippen molar-refractivity contribution in [3.63, 3.8) is 0 Å². The predicted molar refractivity (Wildman–Crippen MR) is 82.4 cm³/mol. The lowest BCUT2D eigenvalue weighted by atomic mass is 10.0. The summed E-state index contributed by atoms with van der Waals surface area (Å²) in [6, 6.07) is 14.8. The Morgan fingerprint density at radius 1 is 1.10 bits per heavy atom. The number of carbonyl (C=O) groups excluding carboxylic acids is 1. The molecule has 0 N–H and O–H groups in total. The van der Waals surface area contributed by atoms with Crippen LogP contribution in [0.25, 0.3) is 0 Å². The normalized spacial score (nSPS) is 14.6. The van der Waals surface area contributed by atoms with Crippen LogP contribution >= 0.6 is 0 Å². The highest BCUT2D eigenvalue weighted by molar-refractivity contribution is 5.78. The largest absolute Gasteiger partial charge is 0.367 e. The molecule has 102 valence electrons. The molecule has 1 aliphatic heterocycles. The van der Waals surface area contributed by atoms with Gasteiger partial charge in [0.25, 0.3) is 0 Å². The summed E-state index contributed by atoms with van der Waals surface area (Å²) in [7, 11) is 0. The minimum absolute atomic E-state index is 0.781. The Morgan fingerprint density at radius 3 is 2.65 bits per heavy atom. The Labute approximate surface area is 120 Å². The molecule has 2 heteroatoms. The SMILES string of the molecule is Cc1cc(N2CCCc3ccccc3C2)ccc1C=O. The summed E-state index contributed by atoms with van der Waals surface area (Å²) in [6.07, 6.45) is 3.25. The Hall–Kier alpha value is -2.09. The second-order valence-corrected chi connectivity index (χ2v) is 5.45. The van der Waals surface area contributed by atoms with Gasteiger partial charge >= 0.3 is 0 Å². The van der Waals surface area contributed by atoms with Crippen LogP contribution < -0.4 is 4.90 Å². The third kappa shape index (κ3) is 2.46. The highest BCUT2D eigenvalue weighted by atomic mass is 16.1. The van der Waals surface area contributed by atoms with Gasteiger partial charge in [-0.2, -0.15) is 0 Å². The molecule has 2 aromatic rings. The van der Waals surface area contributed by atoms with Gasteiger partial charge in [-0.05, 0) is 54.7 Å². The number of benzene rings is 2. The summed E-state index contributed by atoms with van der Waals surface area (Å²) >= 11 is 0. The molecule has 0 aliphatic carbocycles. The van der Waals surface area contributed by atoms with E-state index in [-0.39, 0.29) is 0 Å². The van der Waals surface area contributed by atoms with Crippen molar-refractivity contribution >= 4 is 12.0 Å². The lowest BCUT2D eigenvalue weighted by molar-refractivity contribution is 0.112. The molecule has 3 rings (SSSR count). The van der Waals surface area contributed by atoms with E-state index in [4.69, 9.17) is 0 Å². The van der Waals surface area contributed by atoms with Gasteiger partial charge in [-0.3, -0.25) is 4.79 Å². The highest BCUT2D eigenvalue weighted by Gasteiger charge is 2.14. The van der Waals surface area contributed by atoms with Gasteiger partial charge in [-0.1, -0.05) is 24.3 Å². The number of anilines is 1.